The first-order chi connectivity index (χ1) is 11.1. The molecule has 0 aliphatic heterocycles. The maximum atomic E-state index is 12.3. The van der Waals surface area contributed by atoms with E-state index in [9.17, 15) is 9.59 Å². The highest BCUT2D eigenvalue weighted by atomic mass is 35.5. The van der Waals surface area contributed by atoms with Gasteiger partial charge >= 0.3 is 0 Å². The number of hydrogen-bond acceptors (Lipinski definition) is 3. The van der Waals surface area contributed by atoms with Crippen LogP contribution in [-0.2, 0) is 4.79 Å². The Bertz CT molecular complexity index is 720. The highest BCUT2D eigenvalue weighted by Gasteiger charge is 2.37. The molecule has 6 heteroatoms. The third-order valence-corrected chi connectivity index (χ3v) is 4.12. The van der Waals surface area contributed by atoms with Crippen LogP contribution in [0.25, 0.3) is 11.3 Å². The summed E-state index contributed by atoms with van der Waals surface area (Å²) in [5, 5.41) is 5.97. The molecule has 1 atom stereocenters. The molecule has 0 radical (unpaired) electrons. The Morgan fingerprint density at radius 3 is 2.48 bits per heavy atom. The molecule has 120 valence electrons. The number of nitrogens with one attached hydrogen (secondary N) is 2. The van der Waals surface area contributed by atoms with Gasteiger partial charge in [0.15, 0.2) is 5.76 Å². The minimum Gasteiger partial charge on any atom is -0.451 e. The van der Waals surface area contributed by atoms with Crippen molar-refractivity contribution < 1.29 is 14.0 Å². The average Bonchev–Trinajstić information content (AvgIpc) is 3.28. The average molecular weight is 333 g/mol. The van der Waals surface area contributed by atoms with Gasteiger partial charge in [-0.3, -0.25) is 9.59 Å². The number of carbonyl (C=O) groups is 2. The molecule has 5 nitrogen and oxygen atoms in total. The molecule has 0 bridgehead atoms. The Morgan fingerprint density at radius 1 is 1.17 bits per heavy atom. The predicted molar refractivity (Wildman–Crippen MR) is 87.2 cm³/mol. The van der Waals surface area contributed by atoms with Crippen molar-refractivity contribution in [2.45, 2.75) is 18.9 Å². The number of amides is 2. The number of carbonyl (C=O) groups excluding carboxylic acids is 2. The standard InChI is InChI=1S/C17H17ClN2O3/c1-19-17(22)15(11-2-3-11)20-16(21)14-9-8-13(23-14)10-4-6-12(18)7-5-10/h4-9,11,15H,2-3H2,1H3,(H,19,22)(H,20,21)/t15-/m0/s1. The van der Waals surface area contributed by atoms with Gasteiger partial charge in [0.05, 0.1) is 0 Å². The summed E-state index contributed by atoms with van der Waals surface area (Å²) in [6, 6.07) is 9.98. The van der Waals surface area contributed by atoms with Crippen LogP contribution in [0.3, 0.4) is 0 Å². The number of rotatable bonds is 5. The van der Waals surface area contributed by atoms with Gasteiger partial charge in [0, 0.05) is 17.6 Å². The van der Waals surface area contributed by atoms with Crippen LogP contribution in [0, 0.1) is 5.92 Å². The summed E-state index contributed by atoms with van der Waals surface area (Å²) in [7, 11) is 1.56. The van der Waals surface area contributed by atoms with Crippen molar-refractivity contribution in [3.8, 4) is 11.3 Å². The molecule has 1 fully saturated rings. The normalized spacial score (nSPS) is 15.0. The summed E-state index contributed by atoms with van der Waals surface area (Å²) in [6.45, 7) is 0. The van der Waals surface area contributed by atoms with E-state index >= 15 is 0 Å². The van der Waals surface area contributed by atoms with E-state index in [0.717, 1.165) is 18.4 Å². The monoisotopic (exact) mass is 332 g/mol. The molecule has 0 unspecified atom stereocenters. The third-order valence-electron chi connectivity index (χ3n) is 3.87. The highest BCUT2D eigenvalue weighted by Crippen LogP contribution is 2.33. The molecule has 0 spiro atoms. The van der Waals surface area contributed by atoms with Crippen molar-refractivity contribution in [1.29, 1.82) is 0 Å². The quantitative estimate of drug-likeness (QED) is 0.884. The maximum absolute atomic E-state index is 12.3. The predicted octanol–water partition coefficient (Wildman–Crippen LogP) is 2.85. The summed E-state index contributed by atoms with van der Waals surface area (Å²) >= 11 is 5.86. The van der Waals surface area contributed by atoms with E-state index in [2.05, 4.69) is 10.6 Å². The number of halogens is 1. The molecule has 1 aromatic heterocycles. The van der Waals surface area contributed by atoms with Crippen molar-refractivity contribution in [2.75, 3.05) is 7.05 Å². The largest absolute Gasteiger partial charge is 0.451 e. The molecule has 2 N–H and O–H groups in total. The van der Waals surface area contributed by atoms with Crippen molar-refractivity contribution in [3.05, 3.63) is 47.2 Å². The Balaban J connectivity index is 1.73. The zero-order valence-corrected chi connectivity index (χ0v) is 13.4. The van der Waals surface area contributed by atoms with Crippen LogP contribution < -0.4 is 10.6 Å². The zero-order chi connectivity index (χ0) is 16.4. The minimum absolute atomic E-state index is 0.176. The van der Waals surface area contributed by atoms with Crippen molar-refractivity contribution in [1.82, 2.24) is 10.6 Å². The van der Waals surface area contributed by atoms with E-state index in [1.165, 1.54) is 0 Å². The summed E-state index contributed by atoms with van der Waals surface area (Å²) in [5.74, 6) is 0.417. The molecular weight excluding hydrogens is 316 g/mol. The first kappa shape index (κ1) is 15.6. The molecule has 3 rings (SSSR count). The van der Waals surface area contributed by atoms with Gasteiger partial charge < -0.3 is 15.1 Å². The van der Waals surface area contributed by atoms with Crippen LogP contribution in [0.5, 0.6) is 0 Å². The van der Waals surface area contributed by atoms with Gasteiger partial charge in [0.2, 0.25) is 5.91 Å². The van der Waals surface area contributed by atoms with Gasteiger partial charge in [-0.2, -0.15) is 0 Å². The second-order valence-electron chi connectivity index (χ2n) is 5.57. The fourth-order valence-corrected chi connectivity index (χ4v) is 2.55. The summed E-state index contributed by atoms with van der Waals surface area (Å²) in [6.07, 6.45) is 1.90. The Hall–Kier alpha value is -2.27. The van der Waals surface area contributed by atoms with E-state index < -0.39 is 6.04 Å². The van der Waals surface area contributed by atoms with Crippen LogP contribution in [-0.4, -0.2) is 24.9 Å². The molecule has 2 aromatic rings. The lowest BCUT2D eigenvalue weighted by Gasteiger charge is -2.15. The fourth-order valence-electron chi connectivity index (χ4n) is 2.42. The fraction of sp³-hybridized carbons (Fsp3) is 0.294. The number of likely N-dealkylation sites (N-methyl/N-ethyl adjacent to an activating group) is 1. The molecule has 1 aromatic carbocycles. The van der Waals surface area contributed by atoms with Crippen molar-refractivity contribution in [2.24, 2.45) is 5.92 Å². The topological polar surface area (TPSA) is 71.3 Å². The van der Waals surface area contributed by atoms with E-state index in [-0.39, 0.29) is 23.5 Å². The van der Waals surface area contributed by atoms with E-state index in [1.807, 2.05) is 12.1 Å². The van der Waals surface area contributed by atoms with E-state index in [1.54, 1.807) is 31.3 Å². The number of furan rings is 1. The molecule has 2 amide bonds. The molecule has 23 heavy (non-hydrogen) atoms. The van der Waals surface area contributed by atoms with Crippen LogP contribution >= 0.6 is 11.6 Å². The summed E-state index contributed by atoms with van der Waals surface area (Å²) in [5.41, 5.74) is 0.832. The molecule has 1 heterocycles. The number of hydrogen-bond donors (Lipinski definition) is 2. The van der Waals surface area contributed by atoms with Crippen LogP contribution in [0.2, 0.25) is 5.02 Å². The number of benzene rings is 1. The van der Waals surface area contributed by atoms with E-state index in [0.29, 0.717) is 10.8 Å². The first-order valence-corrected chi connectivity index (χ1v) is 7.84. The Morgan fingerprint density at radius 2 is 1.87 bits per heavy atom. The lowest BCUT2D eigenvalue weighted by molar-refractivity contribution is -0.122. The lowest BCUT2D eigenvalue weighted by Crippen LogP contribution is -2.47. The van der Waals surface area contributed by atoms with Gasteiger partial charge in [0.25, 0.3) is 5.91 Å². The van der Waals surface area contributed by atoms with Gasteiger partial charge in [-0.15, -0.1) is 0 Å². The molecule has 0 saturated heterocycles. The molecule has 1 saturated carbocycles. The second kappa shape index (κ2) is 6.46. The highest BCUT2D eigenvalue weighted by molar-refractivity contribution is 6.30. The van der Waals surface area contributed by atoms with Gasteiger partial charge in [0.1, 0.15) is 11.8 Å². The van der Waals surface area contributed by atoms with Crippen molar-refractivity contribution >= 4 is 23.4 Å². The summed E-state index contributed by atoms with van der Waals surface area (Å²) < 4.78 is 5.60. The van der Waals surface area contributed by atoms with Crippen LogP contribution in [0.1, 0.15) is 23.4 Å². The van der Waals surface area contributed by atoms with Crippen LogP contribution in [0.4, 0.5) is 0 Å². The van der Waals surface area contributed by atoms with Crippen molar-refractivity contribution in [3.63, 3.8) is 0 Å². The Kier molecular flexibility index (Phi) is 4.39. The third kappa shape index (κ3) is 3.56. The van der Waals surface area contributed by atoms with Gasteiger partial charge in [-0.1, -0.05) is 11.6 Å². The second-order valence-corrected chi connectivity index (χ2v) is 6.01. The first-order valence-electron chi connectivity index (χ1n) is 7.46. The van der Waals surface area contributed by atoms with Gasteiger partial charge in [-0.25, -0.2) is 0 Å². The minimum atomic E-state index is -0.503. The smallest absolute Gasteiger partial charge is 0.287 e. The van der Waals surface area contributed by atoms with Gasteiger partial charge in [-0.05, 0) is 55.2 Å². The molecule has 1 aliphatic rings. The Labute approximate surface area is 139 Å². The SMILES string of the molecule is CNC(=O)[C@@H](NC(=O)c1ccc(-c2ccc(Cl)cc2)o1)C1CC1. The maximum Gasteiger partial charge on any atom is 0.287 e. The zero-order valence-electron chi connectivity index (χ0n) is 12.6. The summed E-state index contributed by atoms with van der Waals surface area (Å²) in [4.78, 5) is 24.2. The molecule has 1 aliphatic carbocycles. The lowest BCUT2D eigenvalue weighted by atomic mass is 10.1. The van der Waals surface area contributed by atoms with Crippen LogP contribution in [0.15, 0.2) is 40.8 Å². The van der Waals surface area contributed by atoms with E-state index in [4.69, 9.17) is 16.0 Å². The molecular formula is C17H17ClN2O3.